The molecule has 0 unspecified atom stereocenters. The Labute approximate surface area is 100 Å². The molecule has 0 saturated carbocycles. The van der Waals surface area contributed by atoms with Gasteiger partial charge in [-0.25, -0.2) is 0 Å². The zero-order valence-corrected chi connectivity index (χ0v) is 10.3. The largest absolute Gasteiger partial charge is 0.377 e. The minimum atomic E-state index is 0.226. The summed E-state index contributed by atoms with van der Waals surface area (Å²) in [5.74, 6) is 0.254. The molecule has 0 aromatic carbocycles. The van der Waals surface area contributed by atoms with Gasteiger partial charge < -0.3 is 9.64 Å². The van der Waals surface area contributed by atoms with E-state index in [0.29, 0.717) is 19.6 Å². The van der Waals surface area contributed by atoms with Crippen LogP contribution in [0.1, 0.15) is 18.2 Å². The monoisotopic (exact) mass is 239 g/mol. The average molecular weight is 239 g/mol. The zero-order valence-electron chi connectivity index (χ0n) is 9.52. The summed E-state index contributed by atoms with van der Waals surface area (Å²) in [4.78, 5) is 15.2. The maximum Gasteiger partial charge on any atom is 0.223 e. The van der Waals surface area contributed by atoms with E-state index in [1.54, 1.807) is 11.3 Å². The third kappa shape index (κ3) is 2.83. The molecule has 2 rings (SSSR count). The second-order valence-electron chi connectivity index (χ2n) is 4.09. The third-order valence-corrected chi connectivity index (χ3v) is 3.79. The summed E-state index contributed by atoms with van der Waals surface area (Å²) in [6, 6.07) is 4.34. The molecule has 16 heavy (non-hydrogen) atoms. The van der Waals surface area contributed by atoms with Gasteiger partial charge in [0, 0.05) is 17.8 Å². The predicted octanol–water partition coefficient (Wildman–Crippen LogP) is 1.93. The molecular weight excluding hydrogens is 222 g/mol. The number of morpholine rings is 1. The van der Waals surface area contributed by atoms with Crippen LogP contribution in [0, 0.1) is 0 Å². The number of ether oxygens (including phenoxy) is 1. The van der Waals surface area contributed by atoms with Gasteiger partial charge in [-0.2, -0.15) is 0 Å². The van der Waals surface area contributed by atoms with Crippen molar-refractivity contribution in [3.63, 3.8) is 0 Å². The van der Waals surface area contributed by atoms with Gasteiger partial charge in [-0.3, -0.25) is 4.79 Å². The van der Waals surface area contributed by atoms with E-state index < -0.39 is 0 Å². The number of amides is 1. The molecular formula is C12H17NO2S. The van der Waals surface area contributed by atoms with Gasteiger partial charge in [0.1, 0.15) is 0 Å². The van der Waals surface area contributed by atoms with Crippen molar-refractivity contribution in [2.24, 2.45) is 0 Å². The quantitative estimate of drug-likeness (QED) is 0.806. The molecule has 88 valence electrons. The summed E-state index contributed by atoms with van der Waals surface area (Å²) in [5.41, 5.74) is 0. The highest BCUT2D eigenvalue weighted by molar-refractivity contribution is 7.09. The summed E-state index contributed by atoms with van der Waals surface area (Å²) < 4.78 is 5.32. The first-order chi connectivity index (χ1) is 7.77. The van der Waals surface area contributed by atoms with Gasteiger partial charge in [-0.1, -0.05) is 6.07 Å². The number of aryl methyl sites for hydroxylation is 1. The third-order valence-electron chi connectivity index (χ3n) is 2.85. The van der Waals surface area contributed by atoms with Gasteiger partial charge in [0.05, 0.1) is 19.3 Å². The van der Waals surface area contributed by atoms with Gasteiger partial charge in [-0.05, 0) is 24.8 Å². The van der Waals surface area contributed by atoms with Crippen LogP contribution in [0.5, 0.6) is 0 Å². The Morgan fingerprint density at radius 1 is 1.69 bits per heavy atom. The molecule has 1 aromatic rings. The molecule has 1 atom stereocenters. The van der Waals surface area contributed by atoms with Crippen LogP contribution in [0.4, 0.5) is 0 Å². The minimum absolute atomic E-state index is 0.226. The Morgan fingerprint density at radius 3 is 3.25 bits per heavy atom. The molecule has 1 aromatic heterocycles. The van der Waals surface area contributed by atoms with Crippen molar-refractivity contribution in [1.29, 1.82) is 0 Å². The van der Waals surface area contributed by atoms with E-state index >= 15 is 0 Å². The van der Waals surface area contributed by atoms with Crippen LogP contribution < -0.4 is 0 Å². The lowest BCUT2D eigenvalue weighted by Gasteiger charge is -2.33. The first-order valence-electron chi connectivity index (χ1n) is 5.67. The molecule has 1 aliphatic rings. The highest BCUT2D eigenvalue weighted by Gasteiger charge is 2.23. The molecule has 1 amide bonds. The fourth-order valence-corrected chi connectivity index (χ4v) is 2.64. The number of carbonyl (C=O) groups excluding carboxylic acids is 1. The van der Waals surface area contributed by atoms with Gasteiger partial charge >= 0.3 is 0 Å². The molecule has 1 saturated heterocycles. The van der Waals surface area contributed by atoms with E-state index in [1.807, 2.05) is 17.9 Å². The molecule has 2 heterocycles. The van der Waals surface area contributed by atoms with Crippen molar-refractivity contribution in [1.82, 2.24) is 4.90 Å². The average Bonchev–Trinajstić information content (AvgIpc) is 2.79. The fourth-order valence-electron chi connectivity index (χ4n) is 1.93. The Hall–Kier alpha value is -0.870. The number of hydrogen-bond acceptors (Lipinski definition) is 3. The second-order valence-corrected chi connectivity index (χ2v) is 5.12. The van der Waals surface area contributed by atoms with Crippen LogP contribution >= 0.6 is 11.3 Å². The second kappa shape index (κ2) is 5.46. The lowest BCUT2D eigenvalue weighted by atomic mass is 10.2. The Morgan fingerprint density at radius 2 is 2.56 bits per heavy atom. The summed E-state index contributed by atoms with van der Waals surface area (Å²) in [6.07, 6.45) is 1.48. The Kier molecular flexibility index (Phi) is 3.96. The molecule has 0 N–H and O–H groups in total. The van der Waals surface area contributed by atoms with Crippen molar-refractivity contribution in [2.45, 2.75) is 25.8 Å². The smallest absolute Gasteiger partial charge is 0.223 e. The molecule has 0 radical (unpaired) electrons. The van der Waals surface area contributed by atoms with E-state index in [1.165, 1.54) is 4.88 Å². The Balaban J connectivity index is 1.83. The molecule has 0 spiro atoms. The lowest BCUT2D eigenvalue weighted by Crippen LogP contribution is -2.47. The van der Waals surface area contributed by atoms with Crippen LogP contribution in [0.25, 0.3) is 0 Å². The van der Waals surface area contributed by atoms with E-state index in [2.05, 4.69) is 11.4 Å². The van der Waals surface area contributed by atoms with E-state index in [0.717, 1.165) is 13.0 Å². The lowest BCUT2D eigenvalue weighted by molar-refractivity contribution is -0.139. The molecule has 4 heteroatoms. The summed E-state index contributed by atoms with van der Waals surface area (Å²) in [5, 5.41) is 2.05. The van der Waals surface area contributed by atoms with Crippen LogP contribution in [-0.4, -0.2) is 36.6 Å². The van der Waals surface area contributed by atoms with Crippen molar-refractivity contribution in [2.75, 3.05) is 19.8 Å². The van der Waals surface area contributed by atoms with Crippen molar-refractivity contribution in [3.05, 3.63) is 22.4 Å². The normalized spacial score (nSPS) is 21.1. The van der Waals surface area contributed by atoms with Gasteiger partial charge in [0.25, 0.3) is 0 Å². The molecule has 0 aliphatic carbocycles. The van der Waals surface area contributed by atoms with E-state index in [9.17, 15) is 4.79 Å². The number of carbonyl (C=O) groups is 1. The molecule has 0 bridgehead atoms. The SMILES string of the molecule is C[C@@H]1COCCN1C(=O)CCc1cccs1. The van der Waals surface area contributed by atoms with E-state index in [4.69, 9.17) is 4.74 Å². The first-order valence-corrected chi connectivity index (χ1v) is 6.55. The molecule has 1 aliphatic heterocycles. The number of nitrogens with zero attached hydrogens (tertiary/aromatic N) is 1. The summed E-state index contributed by atoms with van der Waals surface area (Å²) >= 11 is 1.72. The summed E-state index contributed by atoms with van der Waals surface area (Å²) in [7, 11) is 0. The van der Waals surface area contributed by atoms with Crippen molar-refractivity contribution < 1.29 is 9.53 Å². The number of rotatable bonds is 3. The van der Waals surface area contributed by atoms with Crippen LogP contribution in [0.3, 0.4) is 0 Å². The highest BCUT2D eigenvalue weighted by atomic mass is 32.1. The van der Waals surface area contributed by atoms with Gasteiger partial charge in [0.15, 0.2) is 0 Å². The maximum atomic E-state index is 12.0. The van der Waals surface area contributed by atoms with Crippen LogP contribution in [-0.2, 0) is 16.0 Å². The van der Waals surface area contributed by atoms with Crippen molar-refractivity contribution >= 4 is 17.2 Å². The topological polar surface area (TPSA) is 29.5 Å². The number of thiophene rings is 1. The first kappa shape index (κ1) is 11.6. The van der Waals surface area contributed by atoms with Crippen LogP contribution in [0.15, 0.2) is 17.5 Å². The summed E-state index contributed by atoms with van der Waals surface area (Å²) in [6.45, 7) is 4.13. The maximum absolute atomic E-state index is 12.0. The Bertz CT molecular complexity index is 337. The molecule has 1 fully saturated rings. The predicted molar refractivity (Wildman–Crippen MR) is 64.6 cm³/mol. The number of hydrogen-bond donors (Lipinski definition) is 0. The fraction of sp³-hybridized carbons (Fsp3) is 0.583. The standard InChI is InChI=1S/C12H17NO2S/c1-10-9-15-7-6-13(10)12(14)5-4-11-3-2-8-16-11/h2-3,8,10H,4-7,9H2,1H3/t10-/m1/s1. The van der Waals surface area contributed by atoms with Crippen LogP contribution in [0.2, 0.25) is 0 Å². The van der Waals surface area contributed by atoms with Gasteiger partial charge in [0.2, 0.25) is 5.91 Å². The van der Waals surface area contributed by atoms with E-state index in [-0.39, 0.29) is 11.9 Å². The van der Waals surface area contributed by atoms with Crippen molar-refractivity contribution in [3.8, 4) is 0 Å². The highest BCUT2D eigenvalue weighted by Crippen LogP contribution is 2.14. The minimum Gasteiger partial charge on any atom is -0.377 e. The van der Waals surface area contributed by atoms with Gasteiger partial charge in [-0.15, -0.1) is 11.3 Å². The molecule has 3 nitrogen and oxygen atoms in total. The zero-order chi connectivity index (χ0) is 11.4.